The maximum absolute atomic E-state index is 17.2. The number of carbonyl (C=O) groups excluding carboxylic acids is 4. The SMILES string of the molecule is C[C@]12C=CC(=O)C=C1CC[C@H]1[C@@H]3C[C@@H](O)[C@](O)(C(=O)COC(=O)C(N)COC(=O)CCCCCO[N+](=O)[O-])[C@@]3(C)C[C@H](O)[C@@]12F. The molecule has 14 nitrogen and oxygen atoms in total. The zero-order valence-corrected chi connectivity index (χ0v) is 25.3. The van der Waals surface area contributed by atoms with E-state index in [4.69, 9.17) is 15.2 Å². The first kappa shape index (κ1) is 34.6. The van der Waals surface area contributed by atoms with Crippen LogP contribution in [0.3, 0.4) is 0 Å². The van der Waals surface area contributed by atoms with Gasteiger partial charge in [-0.25, -0.2) is 4.39 Å². The molecule has 15 heteroatoms. The van der Waals surface area contributed by atoms with Crippen molar-refractivity contribution in [2.24, 2.45) is 28.4 Å². The maximum Gasteiger partial charge on any atom is 0.326 e. The summed E-state index contributed by atoms with van der Waals surface area (Å²) in [5.74, 6) is -4.65. The number of halogens is 1. The molecular formula is C30H41FN2O12. The molecule has 0 spiro atoms. The van der Waals surface area contributed by atoms with Gasteiger partial charge in [-0.15, -0.1) is 10.1 Å². The summed E-state index contributed by atoms with van der Waals surface area (Å²) in [6.07, 6.45) is 2.10. The number of nitrogens with zero attached hydrogens (tertiary/aromatic N) is 1. The number of allylic oxidation sites excluding steroid dienone is 4. The molecule has 0 heterocycles. The van der Waals surface area contributed by atoms with Gasteiger partial charge in [0.1, 0.15) is 12.6 Å². The minimum absolute atomic E-state index is 0.0262. The second kappa shape index (κ2) is 12.9. The molecule has 250 valence electrons. The summed E-state index contributed by atoms with van der Waals surface area (Å²) in [7, 11) is 0. The minimum atomic E-state index is -2.48. The largest absolute Gasteiger partial charge is 0.463 e. The van der Waals surface area contributed by atoms with E-state index in [9.17, 15) is 44.6 Å². The Morgan fingerprint density at radius 1 is 1.16 bits per heavy atom. The van der Waals surface area contributed by atoms with Crippen molar-refractivity contribution >= 4 is 23.5 Å². The van der Waals surface area contributed by atoms with Gasteiger partial charge in [-0.05, 0) is 63.5 Å². The molecule has 3 fully saturated rings. The van der Waals surface area contributed by atoms with Crippen molar-refractivity contribution in [3.8, 4) is 0 Å². The van der Waals surface area contributed by atoms with Crippen LogP contribution in [0.15, 0.2) is 23.8 Å². The van der Waals surface area contributed by atoms with Crippen LogP contribution in [0.2, 0.25) is 0 Å². The number of rotatable bonds is 13. The van der Waals surface area contributed by atoms with Crippen LogP contribution in [-0.4, -0.2) is 93.3 Å². The summed E-state index contributed by atoms with van der Waals surface area (Å²) in [4.78, 5) is 64.1. The fourth-order valence-electron chi connectivity index (χ4n) is 8.09. The average Bonchev–Trinajstić information content (AvgIpc) is 3.18. The lowest BCUT2D eigenvalue weighted by atomic mass is 9.44. The van der Waals surface area contributed by atoms with Crippen LogP contribution >= 0.6 is 0 Å². The second-order valence-electron chi connectivity index (χ2n) is 13.0. The average molecular weight is 641 g/mol. The fourth-order valence-corrected chi connectivity index (χ4v) is 8.09. The van der Waals surface area contributed by atoms with Gasteiger partial charge >= 0.3 is 11.9 Å². The summed E-state index contributed by atoms with van der Waals surface area (Å²) in [6.45, 7) is 1.52. The Hall–Kier alpha value is -3.27. The van der Waals surface area contributed by atoms with Gasteiger partial charge in [-0.1, -0.05) is 25.0 Å². The number of aliphatic hydroxyl groups excluding tert-OH is 2. The molecule has 0 aliphatic heterocycles. The Morgan fingerprint density at radius 3 is 2.56 bits per heavy atom. The van der Waals surface area contributed by atoms with Gasteiger partial charge in [0.05, 0.1) is 18.8 Å². The standard InChI is InChI=1S/C30H41FN2O12/c1-27-10-9-18(34)12-17(27)7-8-19-20-13-22(35)30(40,28(20,2)14-23(36)29(19,27)31)24(37)16-44-26(39)21(32)15-43-25(38)6-4-3-5-11-45-33(41)42/h9-10,12,19-23,35-36,40H,3-8,11,13-16,32H2,1-2H3/t19-,20-,21?,22+,23-,27-,28-,29-,30-/m0/s1. The molecular weight excluding hydrogens is 599 g/mol. The topological polar surface area (TPSA) is 226 Å². The molecule has 5 N–H and O–H groups in total. The summed E-state index contributed by atoms with van der Waals surface area (Å²) in [5, 5.41) is 43.4. The normalized spacial score (nSPS) is 37.4. The zero-order chi connectivity index (χ0) is 33.4. The number of alkyl halides is 1. The van der Waals surface area contributed by atoms with Gasteiger partial charge in [0.15, 0.2) is 23.7 Å². The number of carbonyl (C=O) groups is 4. The highest BCUT2D eigenvalue weighted by Gasteiger charge is 2.76. The van der Waals surface area contributed by atoms with E-state index in [0.29, 0.717) is 31.3 Å². The Kier molecular flexibility index (Phi) is 9.88. The molecule has 4 aliphatic rings. The molecule has 0 saturated heterocycles. The van der Waals surface area contributed by atoms with Gasteiger partial charge < -0.3 is 35.4 Å². The van der Waals surface area contributed by atoms with Crippen molar-refractivity contribution in [3.63, 3.8) is 0 Å². The van der Waals surface area contributed by atoms with Crippen LogP contribution in [0.1, 0.15) is 65.2 Å². The number of esters is 2. The van der Waals surface area contributed by atoms with E-state index in [1.165, 1.54) is 25.2 Å². The van der Waals surface area contributed by atoms with E-state index in [0.717, 1.165) is 0 Å². The van der Waals surface area contributed by atoms with Gasteiger partial charge in [0, 0.05) is 23.2 Å². The number of ether oxygens (including phenoxy) is 2. The number of ketones is 2. The van der Waals surface area contributed by atoms with E-state index in [-0.39, 0.29) is 38.1 Å². The number of unbranched alkanes of at least 4 members (excludes halogenated alkanes) is 2. The van der Waals surface area contributed by atoms with Crippen LogP contribution < -0.4 is 5.73 Å². The maximum atomic E-state index is 17.2. The molecule has 0 aromatic heterocycles. The molecule has 0 aromatic carbocycles. The number of nitrogens with two attached hydrogens (primary N) is 1. The molecule has 3 saturated carbocycles. The molecule has 9 atom stereocenters. The molecule has 0 amide bonds. The minimum Gasteiger partial charge on any atom is -0.463 e. The van der Waals surface area contributed by atoms with E-state index >= 15 is 4.39 Å². The van der Waals surface area contributed by atoms with Crippen molar-refractivity contribution in [1.29, 1.82) is 0 Å². The smallest absolute Gasteiger partial charge is 0.326 e. The third kappa shape index (κ3) is 5.90. The summed E-state index contributed by atoms with van der Waals surface area (Å²) < 4.78 is 27.2. The second-order valence-corrected chi connectivity index (χ2v) is 13.0. The first-order valence-corrected chi connectivity index (χ1v) is 15.1. The van der Waals surface area contributed by atoms with Crippen LogP contribution in [0.25, 0.3) is 0 Å². The van der Waals surface area contributed by atoms with E-state index in [2.05, 4.69) is 4.84 Å². The highest BCUT2D eigenvalue weighted by Crippen LogP contribution is 2.69. The first-order valence-electron chi connectivity index (χ1n) is 15.1. The van der Waals surface area contributed by atoms with Crippen LogP contribution in [0.4, 0.5) is 4.39 Å². The predicted octanol–water partition coefficient (Wildman–Crippen LogP) is 0.811. The van der Waals surface area contributed by atoms with Gasteiger partial charge in [0.25, 0.3) is 5.09 Å². The van der Waals surface area contributed by atoms with Crippen molar-refractivity contribution in [2.75, 3.05) is 19.8 Å². The van der Waals surface area contributed by atoms with E-state index < -0.39 is 88.2 Å². The number of Topliss-reactive ketones (excluding diaryl/α,β-unsaturated/α-hetero) is 1. The highest BCUT2D eigenvalue weighted by molar-refractivity contribution is 6.01. The molecule has 4 aliphatic carbocycles. The van der Waals surface area contributed by atoms with Gasteiger partial charge in [-0.2, -0.15) is 0 Å². The fraction of sp³-hybridized carbons (Fsp3) is 0.733. The number of fused-ring (bicyclic) bond motifs is 5. The highest BCUT2D eigenvalue weighted by atomic mass is 19.1. The quantitative estimate of drug-likeness (QED) is 0.0947. The summed E-state index contributed by atoms with van der Waals surface area (Å²) >= 11 is 0. The lowest BCUT2D eigenvalue weighted by molar-refractivity contribution is -0.757. The lowest BCUT2D eigenvalue weighted by Crippen LogP contribution is -2.69. The molecule has 0 aromatic rings. The van der Waals surface area contributed by atoms with Crippen molar-refractivity contribution in [2.45, 2.75) is 94.7 Å². The third-order valence-corrected chi connectivity index (χ3v) is 10.6. The Morgan fingerprint density at radius 2 is 1.87 bits per heavy atom. The summed E-state index contributed by atoms with van der Waals surface area (Å²) in [5.41, 5.74) is -1.16. The first-order chi connectivity index (χ1) is 21.0. The molecule has 45 heavy (non-hydrogen) atoms. The van der Waals surface area contributed by atoms with Gasteiger partial charge in [0.2, 0.25) is 5.78 Å². The summed E-state index contributed by atoms with van der Waals surface area (Å²) in [6, 6.07) is -1.45. The van der Waals surface area contributed by atoms with Crippen LogP contribution in [0.5, 0.6) is 0 Å². The van der Waals surface area contributed by atoms with Crippen molar-refractivity contribution in [1.82, 2.24) is 0 Å². The van der Waals surface area contributed by atoms with E-state index in [1.54, 1.807) is 6.92 Å². The monoisotopic (exact) mass is 640 g/mol. The van der Waals surface area contributed by atoms with Crippen LogP contribution in [-0.2, 0) is 33.5 Å². The van der Waals surface area contributed by atoms with Crippen molar-refractivity contribution in [3.05, 3.63) is 33.9 Å². The Balaban J connectivity index is 1.35. The Labute approximate surface area is 258 Å². The Bertz CT molecular complexity index is 1290. The molecule has 4 rings (SSSR count). The van der Waals surface area contributed by atoms with E-state index in [1.807, 2.05) is 0 Å². The third-order valence-electron chi connectivity index (χ3n) is 10.6. The lowest BCUT2D eigenvalue weighted by Gasteiger charge is -2.62. The predicted molar refractivity (Wildman–Crippen MR) is 151 cm³/mol. The number of aliphatic hydroxyl groups is 3. The van der Waals surface area contributed by atoms with Gasteiger partial charge in [-0.3, -0.25) is 19.2 Å². The van der Waals surface area contributed by atoms with Crippen LogP contribution in [0, 0.1) is 32.8 Å². The number of hydrogen-bond donors (Lipinski definition) is 4. The molecule has 1 unspecified atom stereocenters. The molecule has 0 radical (unpaired) electrons. The number of hydrogen-bond acceptors (Lipinski definition) is 13. The zero-order valence-electron chi connectivity index (χ0n) is 25.3. The molecule has 0 bridgehead atoms. The van der Waals surface area contributed by atoms with Crippen molar-refractivity contribution < 1.29 is 58.3 Å².